The minimum absolute atomic E-state index is 0.155. The van der Waals surface area contributed by atoms with E-state index in [9.17, 15) is 4.79 Å². The second-order valence-electron chi connectivity index (χ2n) is 5.82. The molecule has 2 heterocycles. The van der Waals surface area contributed by atoms with Crippen molar-refractivity contribution < 1.29 is 4.79 Å². The van der Waals surface area contributed by atoms with Gasteiger partial charge in [0.1, 0.15) is 0 Å². The first-order valence-corrected chi connectivity index (χ1v) is 7.51. The summed E-state index contributed by atoms with van der Waals surface area (Å²) in [6, 6.07) is 0.155. The number of likely N-dealkylation sites (tertiary alicyclic amines) is 1. The smallest absolute Gasteiger partial charge is 0.317 e. The van der Waals surface area contributed by atoms with Gasteiger partial charge in [-0.25, -0.2) is 4.79 Å². The van der Waals surface area contributed by atoms with Gasteiger partial charge in [0.2, 0.25) is 0 Å². The summed E-state index contributed by atoms with van der Waals surface area (Å²) in [5, 5.41) is 6.54. The number of rotatable bonds is 2. The zero-order valence-electron chi connectivity index (χ0n) is 11.6. The summed E-state index contributed by atoms with van der Waals surface area (Å²) in [5.41, 5.74) is 0. The molecule has 0 aliphatic carbocycles. The van der Waals surface area contributed by atoms with E-state index >= 15 is 0 Å². The molecule has 104 valence electrons. The highest BCUT2D eigenvalue weighted by Gasteiger charge is 2.22. The molecule has 2 saturated heterocycles. The lowest BCUT2D eigenvalue weighted by molar-refractivity contribution is 0.191. The minimum atomic E-state index is 0.155. The standard InChI is InChI=1S/C14H27N3O/c1-12-10-15-7-6-13(12)11-16-14(18)17-8-4-2-3-5-9-17/h12-13,15H,2-11H2,1H3,(H,16,18). The molecule has 4 heteroatoms. The van der Waals surface area contributed by atoms with Crippen molar-refractivity contribution in [2.45, 2.75) is 39.0 Å². The summed E-state index contributed by atoms with van der Waals surface area (Å²) in [6.07, 6.45) is 6.06. The van der Waals surface area contributed by atoms with E-state index in [4.69, 9.17) is 0 Å². The van der Waals surface area contributed by atoms with Gasteiger partial charge in [0, 0.05) is 19.6 Å². The largest absolute Gasteiger partial charge is 0.338 e. The summed E-state index contributed by atoms with van der Waals surface area (Å²) < 4.78 is 0. The van der Waals surface area contributed by atoms with Crippen LogP contribution < -0.4 is 10.6 Å². The Hall–Kier alpha value is -0.770. The van der Waals surface area contributed by atoms with Crippen LogP contribution in [0.3, 0.4) is 0 Å². The fourth-order valence-electron chi connectivity index (χ4n) is 2.98. The first-order valence-electron chi connectivity index (χ1n) is 7.51. The Kier molecular flexibility index (Phi) is 5.29. The van der Waals surface area contributed by atoms with Gasteiger partial charge in [-0.3, -0.25) is 0 Å². The van der Waals surface area contributed by atoms with E-state index in [0.29, 0.717) is 11.8 Å². The third-order valence-corrected chi connectivity index (χ3v) is 4.37. The molecule has 2 fully saturated rings. The number of hydrogen-bond acceptors (Lipinski definition) is 2. The van der Waals surface area contributed by atoms with Crippen LogP contribution in [-0.2, 0) is 0 Å². The third-order valence-electron chi connectivity index (χ3n) is 4.37. The van der Waals surface area contributed by atoms with Gasteiger partial charge in [0.25, 0.3) is 0 Å². The highest BCUT2D eigenvalue weighted by atomic mass is 16.2. The fourth-order valence-corrected chi connectivity index (χ4v) is 2.98. The Morgan fingerprint density at radius 2 is 2.00 bits per heavy atom. The third kappa shape index (κ3) is 3.87. The van der Waals surface area contributed by atoms with Gasteiger partial charge >= 0.3 is 6.03 Å². The van der Waals surface area contributed by atoms with Crippen molar-refractivity contribution in [3.05, 3.63) is 0 Å². The maximum Gasteiger partial charge on any atom is 0.317 e. The lowest BCUT2D eigenvalue weighted by Gasteiger charge is -2.30. The molecule has 2 N–H and O–H groups in total. The molecule has 2 aliphatic heterocycles. The molecule has 0 spiro atoms. The summed E-state index contributed by atoms with van der Waals surface area (Å²) in [7, 11) is 0. The zero-order valence-corrected chi connectivity index (χ0v) is 11.6. The Morgan fingerprint density at radius 3 is 2.67 bits per heavy atom. The zero-order chi connectivity index (χ0) is 12.8. The van der Waals surface area contributed by atoms with E-state index in [1.165, 1.54) is 19.3 Å². The van der Waals surface area contributed by atoms with Crippen molar-refractivity contribution in [3.63, 3.8) is 0 Å². The van der Waals surface area contributed by atoms with E-state index < -0.39 is 0 Å². The van der Waals surface area contributed by atoms with Gasteiger partial charge in [-0.2, -0.15) is 0 Å². The molecule has 0 radical (unpaired) electrons. The Balaban J connectivity index is 1.72. The average molecular weight is 253 g/mol. The second kappa shape index (κ2) is 6.98. The van der Waals surface area contributed by atoms with Gasteiger partial charge in [-0.1, -0.05) is 19.8 Å². The molecule has 0 aromatic carbocycles. The molecular formula is C14H27N3O. The predicted octanol–water partition coefficient (Wildman–Crippen LogP) is 1.82. The number of carbonyl (C=O) groups is 1. The molecule has 2 aliphatic rings. The lowest BCUT2D eigenvalue weighted by Crippen LogP contribution is -2.45. The van der Waals surface area contributed by atoms with Gasteiger partial charge < -0.3 is 15.5 Å². The molecular weight excluding hydrogens is 226 g/mol. The monoisotopic (exact) mass is 253 g/mol. The molecule has 4 nitrogen and oxygen atoms in total. The Bertz CT molecular complexity index is 262. The van der Waals surface area contributed by atoms with Crippen LogP contribution in [0.15, 0.2) is 0 Å². The van der Waals surface area contributed by atoms with Crippen LogP contribution in [0.2, 0.25) is 0 Å². The van der Waals surface area contributed by atoms with Crippen LogP contribution in [0.25, 0.3) is 0 Å². The molecule has 2 atom stereocenters. The fraction of sp³-hybridized carbons (Fsp3) is 0.929. The molecule has 0 saturated carbocycles. The normalized spacial score (nSPS) is 29.7. The number of amides is 2. The van der Waals surface area contributed by atoms with Crippen LogP contribution in [-0.4, -0.2) is 43.7 Å². The van der Waals surface area contributed by atoms with E-state index in [-0.39, 0.29) is 6.03 Å². The summed E-state index contributed by atoms with van der Waals surface area (Å²) >= 11 is 0. The van der Waals surface area contributed by atoms with Gasteiger partial charge in [-0.15, -0.1) is 0 Å². The molecule has 2 rings (SSSR count). The second-order valence-corrected chi connectivity index (χ2v) is 5.82. The van der Waals surface area contributed by atoms with Crippen molar-refractivity contribution in [1.82, 2.24) is 15.5 Å². The van der Waals surface area contributed by atoms with Gasteiger partial charge in [-0.05, 0) is 44.2 Å². The molecule has 18 heavy (non-hydrogen) atoms. The molecule has 0 aromatic rings. The maximum absolute atomic E-state index is 12.1. The summed E-state index contributed by atoms with van der Waals surface area (Å²) in [4.78, 5) is 14.1. The minimum Gasteiger partial charge on any atom is -0.338 e. The number of hydrogen-bond donors (Lipinski definition) is 2. The van der Waals surface area contributed by atoms with Crippen LogP contribution >= 0.6 is 0 Å². The van der Waals surface area contributed by atoms with Crippen molar-refractivity contribution in [2.24, 2.45) is 11.8 Å². The first kappa shape index (κ1) is 13.7. The number of nitrogens with zero attached hydrogens (tertiary/aromatic N) is 1. The van der Waals surface area contributed by atoms with Crippen LogP contribution in [0.1, 0.15) is 39.0 Å². The molecule has 0 bridgehead atoms. The maximum atomic E-state index is 12.1. The number of carbonyl (C=O) groups excluding carboxylic acids is 1. The van der Waals surface area contributed by atoms with Crippen LogP contribution in [0.5, 0.6) is 0 Å². The highest BCUT2D eigenvalue weighted by Crippen LogP contribution is 2.17. The summed E-state index contributed by atoms with van der Waals surface area (Å²) in [6.45, 7) is 7.17. The number of piperidine rings is 1. The predicted molar refractivity (Wildman–Crippen MR) is 73.6 cm³/mol. The average Bonchev–Trinajstić information content (AvgIpc) is 2.66. The topological polar surface area (TPSA) is 44.4 Å². The van der Waals surface area contributed by atoms with Gasteiger partial charge in [0.05, 0.1) is 0 Å². The van der Waals surface area contributed by atoms with Gasteiger partial charge in [0.15, 0.2) is 0 Å². The molecule has 2 unspecified atom stereocenters. The molecule has 2 amide bonds. The van der Waals surface area contributed by atoms with Crippen molar-refractivity contribution >= 4 is 6.03 Å². The van der Waals surface area contributed by atoms with Crippen LogP contribution in [0.4, 0.5) is 4.79 Å². The van der Waals surface area contributed by atoms with Crippen molar-refractivity contribution in [1.29, 1.82) is 0 Å². The van der Waals surface area contributed by atoms with Crippen molar-refractivity contribution in [3.8, 4) is 0 Å². The number of nitrogens with one attached hydrogen (secondary N) is 2. The van der Waals surface area contributed by atoms with E-state index in [1.54, 1.807) is 0 Å². The lowest BCUT2D eigenvalue weighted by atomic mass is 9.88. The van der Waals surface area contributed by atoms with E-state index in [1.807, 2.05) is 4.90 Å². The highest BCUT2D eigenvalue weighted by molar-refractivity contribution is 5.74. The van der Waals surface area contributed by atoms with Crippen LogP contribution in [0, 0.1) is 11.8 Å². The summed E-state index contributed by atoms with van der Waals surface area (Å²) in [5.74, 6) is 1.31. The number of urea groups is 1. The first-order chi connectivity index (χ1) is 8.77. The molecule has 0 aromatic heterocycles. The quantitative estimate of drug-likeness (QED) is 0.788. The van der Waals surface area contributed by atoms with E-state index in [0.717, 1.165) is 45.6 Å². The SMILES string of the molecule is CC1CNCCC1CNC(=O)N1CCCCCC1. The van der Waals surface area contributed by atoms with Crippen molar-refractivity contribution in [2.75, 3.05) is 32.7 Å². The Morgan fingerprint density at radius 1 is 1.28 bits per heavy atom. The Labute approximate surface area is 110 Å². The van der Waals surface area contributed by atoms with E-state index in [2.05, 4.69) is 17.6 Å².